The Hall–Kier alpha value is -1.83. The Morgan fingerprint density at radius 1 is 1.42 bits per heavy atom. The smallest absolute Gasteiger partial charge is 0.293 e. The molecule has 0 bridgehead atoms. The van der Waals surface area contributed by atoms with Crippen molar-refractivity contribution in [3.05, 3.63) is 28.3 Å². The maximum absolute atomic E-state index is 12.1. The molecular weight excluding hydrogens is 272 g/mol. The molecule has 0 heterocycles. The first-order valence-corrected chi connectivity index (χ1v) is 7.18. The molecule has 1 aliphatic carbocycles. The van der Waals surface area contributed by atoms with E-state index in [1.54, 1.807) is 0 Å². The van der Waals surface area contributed by atoms with Gasteiger partial charge in [-0.1, -0.05) is 0 Å². The number of sulfonamides is 1. The molecule has 1 saturated carbocycles. The Kier molecular flexibility index (Phi) is 3.36. The monoisotopic (exact) mass is 286 g/mol. The zero-order chi connectivity index (χ0) is 14.2. The summed E-state index contributed by atoms with van der Waals surface area (Å²) in [5, 5.41) is 10.6. The molecule has 1 aromatic carbocycles. The molecule has 0 saturated heterocycles. The highest BCUT2D eigenvalue weighted by Crippen LogP contribution is 2.37. The quantitative estimate of drug-likeness (QED) is 0.605. The van der Waals surface area contributed by atoms with Gasteiger partial charge in [0.15, 0.2) is 0 Å². The van der Waals surface area contributed by atoms with Crippen molar-refractivity contribution in [2.45, 2.75) is 18.1 Å². The van der Waals surface area contributed by atoms with Crippen LogP contribution in [0.15, 0.2) is 18.2 Å². The van der Waals surface area contributed by atoms with Crippen molar-refractivity contribution in [3.8, 4) is 5.75 Å². The summed E-state index contributed by atoms with van der Waals surface area (Å²) in [6.07, 6.45) is 1.20. The lowest BCUT2D eigenvalue weighted by atomic mass is 10.2. The maximum atomic E-state index is 12.1. The Morgan fingerprint density at radius 3 is 2.53 bits per heavy atom. The Labute approximate surface area is 111 Å². The van der Waals surface area contributed by atoms with Gasteiger partial charge in [-0.05, 0) is 18.9 Å². The number of anilines is 1. The Morgan fingerprint density at radius 2 is 2.05 bits per heavy atom. The van der Waals surface area contributed by atoms with Crippen LogP contribution in [0.3, 0.4) is 0 Å². The molecule has 0 aliphatic heterocycles. The molecule has 19 heavy (non-hydrogen) atoms. The van der Waals surface area contributed by atoms with E-state index in [-0.39, 0.29) is 11.4 Å². The summed E-state index contributed by atoms with van der Waals surface area (Å²) in [4.78, 5) is 10.4. The zero-order valence-electron chi connectivity index (χ0n) is 10.6. The lowest BCUT2D eigenvalue weighted by Gasteiger charge is -2.19. The minimum Gasteiger partial charge on any atom is -0.497 e. The maximum Gasteiger partial charge on any atom is 0.293 e. The number of rotatable bonds is 5. The largest absolute Gasteiger partial charge is 0.497 e. The summed E-state index contributed by atoms with van der Waals surface area (Å²) < 4.78 is 30.2. The third kappa shape index (κ3) is 2.48. The van der Waals surface area contributed by atoms with Crippen LogP contribution in [-0.2, 0) is 10.0 Å². The molecule has 0 N–H and O–H groups in total. The van der Waals surface area contributed by atoms with Crippen molar-refractivity contribution in [2.75, 3.05) is 18.5 Å². The number of benzene rings is 1. The van der Waals surface area contributed by atoms with Crippen LogP contribution in [0.2, 0.25) is 0 Å². The minimum absolute atomic E-state index is 0.0243. The van der Waals surface area contributed by atoms with Crippen LogP contribution in [0.5, 0.6) is 5.75 Å². The van der Waals surface area contributed by atoms with Gasteiger partial charge in [-0.2, -0.15) is 0 Å². The minimum atomic E-state index is -3.53. The number of hydrogen-bond donors (Lipinski definition) is 0. The number of hydrogen-bond acceptors (Lipinski definition) is 5. The number of nitrogens with zero attached hydrogens (tertiary/aromatic N) is 2. The van der Waals surface area contributed by atoms with Crippen LogP contribution in [-0.4, -0.2) is 32.7 Å². The topological polar surface area (TPSA) is 89.8 Å². The normalized spacial score (nSPS) is 15.1. The van der Waals surface area contributed by atoms with Crippen LogP contribution in [0, 0.1) is 10.1 Å². The van der Waals surface area contributed by atoms with Gasteiger partial charge >= 0.3 is 0 Å². The summed E-state index contributed by atoms with van der Waals surface area (Å²) in [5.41, 5.74) is -0.233. The van der Waals surface area contributed by atoms with Gasteiger partial charge in [-0.25, -0.2) is 8.42 Å². The second-order valence-electron chi connectivity index (χ2n) is 4.32. The van der Waals surface area contributed by atoms with Gasteiger partial charge in [0.1, 0.15) is 11.4 Å². The van der Waals surface area contributed by atoms with E-state index in [4.69, 9.17) is 4.74 Å². The predicted molar refractivity (Wildman–Crippen MR) is 70.0 cm³/mol. The first-order chi connectivity index (χ1) is 8.87. The number of nitro benzene ring substituents is 1. The van der Waals surface area contributed by atoms with E-state index >= 15 is 0 Å². The summed E-state index contributed by atoms with van der Waals surface area (Å²) in [5.74, 6) is 0.374. The van der Waals surface area contributed by atoms with Gasteiger partial charge < -0.3 is 4.74 Å². The highest BCUT2D eigenvalue weighted by molar-refractivity contribution is 7.93. The molecule has 8 heteroatoms. The van der Waals surface area contributed by atoms with Gasteiger partial charge in [-0.3, -0.25) is 14.4 Å². The molecule has 104 valence electrons. The van der Waals surface area contributed by atoms with Gasteiger partial charge in [-0.15, -0.1) is 0 Å². The summed E-state index contributed by atoms with van der Waals surface area (Å²) in [6.45, 7) is 0. The van der Waals surface area contributed by atoms with Gasteiger partial charge in [0, 0.05) is 19.2 Å². The van der Waals surface area contributed by atoms with Crippen molar-refractivity contribution in [2.24, 2.45) is 0 Å². The fourth-order valence-electron chi connectivity index (χ4n) is 1.76. The number of ether oxygens (including phenoxy) is 1. The van der Waals surface area contributed by atoms with Crippen LogP contribution in [0.4, 0.5) is 11.4 Å². The van der Waals surface area contributed by atoms with Crippen molar-refractivity contribution in [1.29, 1.82) is 0 Å². The second-order valence-corrected chi connectivity index (χ2v) is 6.57. The second kappa shape index (κ2) is 4.69. The lowest BCUT2D eigenvalue weighted by Crippen LogP contribution is -2.30. The van der Waals surface area contributed by atoms with Gasteiger partial charge in [0.2, 0.25) is 10.0 Å². The van der Waals surface area contributed by atoms with E-state index in [9.17, 15) is 18.5 Å². The molecule has 1 fully saturated rings. The summed E-state index contributed by atoms with van der Waals surface area (Å²) >= 11 is 0. The van der Waals surface area contributed by atoms with Crippen LogP contribution >= 0.6 is 0 Å². The van der Waals surface area contributed by atoms with Gasteiger partial charge in [0.25, 0.3) is 5.69 Å². The molecule has 7 nitrogen and oxygen atoms in total. The third-order valence-electron chi connectivity index (χ3n) is 3.05. The van der Waals surface area contributed by atoms with Crippen molar-refractivity contribution in [1.82, 2.24) is 0 Å². The number of methoxy groups -OCH3 is 1. The molecule has 2 rings (SSSR count). The third-order valence-corrected chi connectivity index (χ3v) is 5.32. The number of nitro groups is 1. The summed E-state index contributed by atoms with van der Waals surface area (Å²) in [7, 11) is -0.781. The molecular formula is C11H14N2O5S. The highest BCUT2D eigenvalue weighted by Gasteiger charge is 2.40. The van der Waals surface area contributed by atoms with E-state index in [0.29, 0.717) is 18.6 Å². The molecule has 1 aromatic rings. The highest BCUT2D eigenvalue weighted by atomic mass is 32.2. The molecule has 0 spiro atoms. The SMILES string of the molecule is COc1ccc([N+](=O)[O-])c(N(C)S(=O)(=O)C2CC2)c1. The molecule has 1 aliphatic rings. The van der Waals surface area contributed by atoms with E-state index in [0.717, 1.165) is 4.31 Å². The Balaban J connectivity index is 2.49. The predicted octanol–water partition coefficient (Wildman–Crippen LogP) is 1.53. The van der Waals surface area contributed by atoms with Crippen LogP contribution < -0.4 is 9.04 Å². The zero-order valence-corrected chi connectivity index (χ0v) is 11.4. The van der Waals surface area contributed by atoms with Crippen molar-refractivity contribution >= 4 is 21.4 Å². The first kappa shape index (κ1) is 13.6. The van der Waals surface area contributed by atoms with Crippen LogP contribution in [0.1, 0.15) is 12.8 Å². The molecule has 0 radical (unpaired) electrons. The average molecular weight is 286 g/mol. The molecule has 0 unspecified atom stereocenters. The average Bonchev–Trinajstić information content (AvgIpc) is 3.21. The summed E-state index contributed by atoms with van der Waals surface area (Å²) in [6, 6.07) is 4.03. The van der Waals surface area contributed by atoms with Crippen molar-refractivity contribution < 1.29 is 18.1 Å². The van der Waals surface area contributed by atoms with E-state index in [1.807, 2.05) is 0 Å². The van der Waals surface area contributed by atoms with E-state index in [2.05, 4.69) is 0 Å². The standard InChI is InChI=1S/C11H14N2O5S/c1-12(19(16,17)9-4-5-9)11-7-8(18-2)3-6-10(11)13(14)15/h3,6-7,9H,4-5H2,1-2H3. The van der Waals surface area contributed by atoms with E-state index < -0.39 is 20.2 Å². The van der Waals surface area contributed by atoms with E-state index in [1.165, 1.54) is 32.4 Å². The fraction of sp³-hybridized carbons (Fsp3) is 0.455. The van der Waals surface area contributed by atoms with Crippen LogP contribution in [0.25, 0.3) is 0 Å². The fourth-order valence-corrected chi connectivity index (χ4v) is 3.36. The molecule has 0 atom stereocenters. The molecule has 0 aromatic heterocycles. The Bertz CT molecular complexity index is 610. The molecule has 0 amide bonds. The van der Waals surface area contributed by atoms with Gasteiger partial charge in [0.05, 0.1) is 17.3 Å². The lowest BCUT2D eigenvalue weighted by molar-refractivity contribution is -0.384. The van der Waals surface area contributed by atoms with Crippen molar-refractivity contribution in [3.63, 3.8) is 0 Å². The first-order valence-electron chi connectivity index (χ1n) is 5.68.